The first-order valence-electron chi connectivity index (χ1n) is 5.02. The monoisotopic (exact) mass is 366 g/mol. The zero-order valence-corrected chi connectivity index (χ0v) is 12.6. The number of benzene rings is 1. The molecule has 0 amide bonds. The van der Waals surface area contributed by atoms with Crippen molar-refractivity contribution in [1.82, 2.24) is 0 Å². The first-order valence-corrected chi connectivity index (χ1v) is 8.58. The van der Waals surface area contributed by atoms with E-state index in [9.17, 15) is 8.42 Å². The van der Waals surface area contributed by atoms with Gasteiger partial charge in [-0.1, -0.05) is 31.9 Å². The molecule has 1 aliphatic rings. The van der Waals surface area contributed by atoms with Gasteiger partial charge in [0, 0.05) is 9.80 Å². The molecule has 1 aliphatic carbocycles. The Morgan fingerprint density at radius 2 is 1.75 bits per heavy atom. The van der Waals surface area contributed by atoms with Crippen molar-refractivity contribution >= 4 is 41.7 Å². The van der Waals surface area contributed by atoms with Crippen LogP contribution in [-0.2, 0) is 9.84 Å². The number of sulfone groups is 1. The lowest BCUT2D eigenvalue weighted by atomic mass is 10.2. The highest BCUT2D eigenvalue weighted by molar-refractivity contribution is 9.10. The summed E-state index contributed by atoms with van der Waals surface area (Å²) in [5, 5.41) is 0.774. The van der Waals surface area contributed by atoms with Crippen molar-refractivity contribution in [3.63, 3.8) is 0 Å². The minimum Gasteiger partial charge on any atom is -0.224 e. The van der Waals surface area contributed by atoms with E-state index in [1.165, 1.54) is 0 Å². The summed E-state index contributed by atoms with van der Waals surface area (Å²) in [4.78, 5) is 0.419. The summed E-state index contributed by atoms with van der Waals surface area (Å²) >= 11 is 6.70. The Morgan fingerprint density at radius 1 is 1.19 bits per heavy atom. The van der Waals surface area contributed by atoms with Crippen molar-refractivity contribution in [3.8, 4) is 0 Å². The van der Waals surface area contributed by atoms with Crippen molar-refractivity contribution < 1.29 is 8.42 Å². The minimum absolute atomic E-state index is 0.00803. The van der Waals surface area contributed by atoms with Crippen LogP contribution in [0.3, 0.4) is 0 Å². The lowest BCUT2D eigenvalue weighted by Gasteiger charge is -2.11. The second-order valence-electron chi connectivity index (χ2n) is 4.35. The fraction of sp³-hybridized carbons (Fsp3) is 0.455. The number of hydrogen-bond donors (Lipinski definition) is 0. The van der Waals surface area contributed by atoms with E-state index in [0.29, 0.717) is 4.90 Å². The smallest absolute Gasteiger partial charge is 0.178 e. The maximum atomic E-state index is 12.1. The highest BCUT2D eigenvalue weighted by atomic mass is 79.9. The molecule has 0 spiro atoms. The van der Waals surface area contributed by atoms with Crippen LogP contribution < -0.4 is 0 Å². The van der Waals surface area contributed by atoms with Gasteiger partial charge in [0.15, 0.2) is 9.84 Å². The Labute approximate surface area is 113 Å². The quantitative estimate of drug-likeness (QED) is 0.764. The second-order valence-corrected chi connectivity index (χ2v) is 7.81. The van der Waals surface area contributed by atoms with Crippen LogP contribution in [0.15, 0.2) is 33.6 Å². The molecule has 0 radical (unpaired) electrons. The van der Waals surface area contributed by atoms with Crippen LogP contribution in [0, 0.1) is 5.41 Å². The molecule has 0 N–H and O–H groups in total. The van der Waals surface area contributed by atoms with Gasteiger partial charge in [0.1, 0.15) is 0 Å². The van der Waals surface area contributed by atoms with Crippen molar-refractivity contribution in [2.24, 2.45) is 5.41 Å². The van der Waals surface area contributed by atoms with Crippen LogP contribution in [0.2, 0.25) is 0 Å². The van der Waals surface area contributed by atoms with Crippen LogP contribution in [0.5, 0.6) is 0 Å². The van der Waals surface area contributed by atoms with Gasteiger partial charge >= 0.3 is 0 Å². The molecule has 0 atom stereocenters. The van der Waals surface area contributed by atoms with Gasteiger partial charge in [-0.3, -0.25) is 0 Å². The first-order chi connectivity index (χ1) is 7.47. The highest BCUT2D eigenvalue weighted by Crippen LogP contribution is 2.48. The molecule has 0 heterocycles. The Hall–Kier alpha value is 0.130. The summed E-state index contributed by atoms with van der Waals surface area (Å²) in [6, 6.07) is 6.84. The van der Waals surface area contributed by atoms with E-state index in [-0.39, 0.29) is 11.2 Å². The SMILES string of the molecule is O=S(=O)(CC1(CBr)CC1)c1ccc(Br)cc1. The molecular weight excluding hydrogens is 356 g/mol. The van der Waals surface area contributed by atoms with E-state index in [0.717, 1.165) is 22.6 Å². The number of hydrogen-bond acceptors (Lipinski definition) is 2. The maximum Gasteiger partial charge on any atom is 0.178 e. The summed E-state index contributed by atoms with van der Waals surface area (Å²) in [6.07, 6.45) is 2.02. The molecule has 1 aromatic carbocycles. The molecule has 2 rings (SSSR count). The van der Waals surface area contributed by atoms with Crippen LogP contribution >= 0.6 is 31.9 Å². The van der Waals surface area contributed by atoms with E-state index >= 15 is 0 Å². The van der Waals surface area contributed by atoms with Gasteiger partial charge in [-0.2, -0.15) is 0 Å². The zero-order chi connectivity index (χ0) is 11.8. The first kappa shape index (κ1) is 12.6. The van der Waals surface area contributed by atoms with Gasteiger partial charge in [-0.05, 0) is 42.5 Å². The predicted molar refractivity (Wildman–Crippen MR) is 71.7 cm³/mol. The number of halogens is 2. The molecule has 1 saturated carbocycles. The number of alkyl halides is 1. The van der Waals surface area contributed by atoms with E-state index < -0.39 is 9.84 Å². The van der Waals surface area contributed by atoms with Gasteiger partial charge in [-0.25, -0.2) is 8.42 Å². The molecule has 88 valence electrons. The maximum absolute atomic E-state index is 12.1. The molecule has 1 fully saturated rings. The van der Waals surface area contributed by atoms with Crippen LogP contribution in [0.25, 0.3) is 0 Å². The van der Waals surface area contributed by atoms with Crippen molar-refractivity contribution in [3.05, 3.63) is 28.7 Å². The van der Waals surface area contributed by atoms with Gasteiger partial charge in [0.2, 0.25) is 0 Å². The third-order valence-corrected chi connectivity index (χ3v) is 6.61. The molecule has 0 unspecified atom stereocenters. The van der Waals surface area contributed by atoms with Crippen LogP contribution in [0.1, 0.15) is 12.8 Å². The third-order valence-electron chi connectivity index (χ3n) is 2.91. The van der Waals surface area contributed by atoms with Crippen molar-refractivity contribution in [1.29, 1.82) is 0 Å². The highest BCUT2D eigenvalue weighted by Gasteiger charge is 2.45. The summed E-state index contributed by atoms with van der Waals surface area (Å²) in [5.74, 6) is 0.257. The topological polar surface area (TPSA) is 34.1 Å². The van der Waals surface area contributed by atoms with Crippen LogP contribution in [0.4, 0.5) is 0 Å². The molecule has 0 saturated heterocycles. The van der Waals surface area contributed by atoms with Gasteiger partial charge in [0.25, 0.3) is 0 Å². The van der Waals surface area contributed by atoms with Gasteiger partial charge < -0.3 is 0 Å². The molecule has 0 aliphatic heterocycles. The van der Waals surface area contributed by atoms with Gasteiger partial charge in [0.05, 0.1) is 10.6 Å². The number of rotatable bonds is 4. The summed E-state index contributed by atoms with van der Waals surface area (Å²) < 4.78 is 25.1. The Balaban J connectivity index is 2.22. The minimum atomic E-state index is -3.14. The lowest BCUT2D eigenvalue weighted by molar-refractivity contribution is 0.572. The second kappa shape index (κ2) is 4.42. The predicted octanol–water partition coefficient (Wildman–Crippen LogP) is 3.40. The Bertz CT molecular complexity index is 475. The molecular formula is C11H12Br2O2S. The third kappa shape index (κ3) is 2.68. The largest absolute Gasteiger partial charge is 0.224 e. The van der Waals surface area contributed by atoms with Crippen molar-refractivity contribution in [2.75, 3.05) is 11.1 Å². The lowest BCUT2D eigenvalue weighted by Crippen LogP contribution is -2.18. The molecule has 1 aromatic rings. The average molecular weight is 368 g/mol. The summed E-state index contributed by atoms with van der Waals surface area (Å²) in [6.45, 7) is 0. The normalized spacial score (nSPS) is 18.4. The van der Waals surface area contributed by atoms with E-state index in [1.807, 2.05) is 0 Å². The fourth-order valence-electron chi connectivity index (χ4n) is 1.62. The van der Waals surface area contributed by atoms with Crippen LogP contribution in [-0.4, -0.2) is 19.5 Å². The van der Waals surface area contributed by atoms with E-state index in [1.54, 1.807) is 24.3 Å². The molecule has 5 heteroatoms. The van der Waals surface area contributed by atoms with Gasteiger partial charge in [-0.15, -0.1) is 0 Å². The van der Waals surface area contributed by atoms with E-state index in [2.05, 4.69) is 31.9 Å². The summed E-state index contributed by atoms with van der Waals surface area (Å²) in [7, 11) is -3.14. The Kier molecular flexibility index (Phi) is 3.48. The van der Waals surface area contributed by atoms with E-state index in [4.69, 9.17) is 0 Å². The summed E-state index contributed by atoms with van der Waals surface area (Å²) in [5.41, 5.74) is -0.00803. The standard InChI is InChI=1S/C11H12Br2O2S/c12-7-11(5-6-11)8-16(14,15)10-3-1-9(13)2-4-10/h1-4H,5-8H2. The fourth-order valence-corrected chi connectivity index (χ4v) is 4.82. The van der Waals surface area contributed by atoms with Crippen molar-refractivity contribution in [2.45, 2.75) is 17.7 Å². The average Bonchev–Trinajstić information content (AvgIpc) is 2.98. The molecule has 16 heavy (non-hydrogen) atoms. The Morgan fingerprint density at radius 3 is 2.19 bits per heavy atom. The zero-order valence-electron chi connectivity index (χ0n) is 8.62. The molecule has 2 nitrogen and oxygen atoms in total. The molecule has 0 aromatic heterocycles. The molecule has 0 bridgehead atoms.